The summed E-state index contributed by atoms with van der Waals surface area (Å²) < 4.78 is 0. The predicted molar refractivity (Wildman–Crippen MR) is 85.1 cm³/mol. The molecule has 0 saturated carbocycles. The van der Waals surface area contributed by atoms with Gasteiger partial charge < -0.3 is 9.80 Å². The zero-order valence-electron chi connectivity index (χ0n) is 13.5. The summed E-state index contributed by atoms with van der Waals surface area (Å²) in [4.78, 5) is 20.9. The van der Waals surface area contributed by atoms with Crippen LogP contribution >= 0.6 is 0 Å². The van der Waals surface area contributed by atoms with E-state index in [1.807, 2.05) is 30.3 Å². The molecule has 116 valence electrons. The molecule has 21 heavy (non-hydrogen) atoms. The van der Waals surface area contributed by atoms with Crippen LogP contribution in [-0.4, -0.2) is 52.9 Å². The van der Waals surface area contributed by atoms with E-state index in [1.54, 1.807) is 6.20 Å². The summed E-state index contributed by atoms with van der Waals surface area (Å²) in [7, 11) is 1.96. The van der Waals surface area contributed by atoms with Gasteiger partial charge >= 0.3 is 0 Å². The highest BCUT2D eigenvalue weighted by molar-refractivity contribution is 5.76. The Labute approximate surface area is 128 Å². The Bertz CT molecular complexity index is 439. The van der Waals surface area contributed by atoms with Crippen molar-refractivity contribution in [3.05, 3.63) is 30.1 Å². The van der Waals surface area contributed by atoms with Gasteiger partial charge in [0.2, 0.25) is 5.91 Å². The van der Waals surface area contributed by atoms with Crippen molar-refractivity contribution >= 4 is 5.91 Å². The second kappa shape index (κ2) is 7.55. The first-order chi connectivity index (χ1) is 10.1. The molecule has 4 nitrogen and oxygen atoms in total. The van der Waals surface area contributed by atoms with Gasteiger partial charge in [-0.3, -0.25) is 9.78 Å². The van der Waals surface area contributed by atoms with Crippen LogP contribution in [0.4, 0.5) is 0 Å². The quantitative estimate of drug-likeness (QED) is 0.835. The van der Waals surface area contributed by atoms with E-state index in [1.165, 1.54) is 0 Å². The molecule has 1 aliphatic heterocycles. The Morgan fingerprint density at radius 2 is 2.14 bits per heavy atom. The van der Waals surface area contributed by atoms with Crippen molar-refractivity contribution in [3.8, 4) is 0 Å². The van der Waals surface area contributed by atoms with Gasteiger partial charge in [-0.05, 0) is 44.7 Å². The summed E-state index contributed by atoms with van der Waals surface area (Å²) in [5.41, 5.74) is 1.13. The number of carbonyl (C=O) groups is 1. The maximum atomic E-state index is 12.3. The number of piperidine rings is 1. The maximum Gasteiger partial charge on any atom is 0.222 e. The van der Waals surface area contributed by atoms with E-state index >= 15 is 0 Å². The van der Waals surface area contributed by atoms with Crippen LogP contribution < -0.4 is 0 Å². The largest absolute Gasteiger partial charge is 0.343 e. The highest BCUT2D eigenvalue weighted by Gasteiger charge is 2.25. The average Bonchev–Trinajstić information content (AvgIpc) is 2.53. The molecule has 0 aliphatic carbocycles. The molecule has 0 radical (unpaired) electrons. The first-order valence-electron chi connectivity index (χ1n) is 7.96. The summed E-state index contributed by atoms with van der Waals surface area (Å²) >= 11 is 0. The van der Waals surface area contributed by atoms with Crippen molar-refractivity contribution in [2.45, 2.75) is 51.6 Å². The minimum atomic E-state index is 0.252. The van der Waals surface area contributed by atoms with Crippen molar-refractivity contribution in [1.29, 1.82) is 0 Å². The molecule has 0 aromatic carbocycles. The van der Waals surface area contributed by atoms with Gasteiger partial charge in [0.05, 0.1) is 0 Å². The topological polar surface area (TPSA) is 36.4 Å². The number of hydrogen-bond donors (Lipinski definition) is 0. The first kappa shape index (κ1) is 16.0. The van der Waals surface area contributed by atoms with Crippen LogP contribution in [0.15, 0.2) is 24.5 Å². The summed E-state index contributed by atoms with van der Waals surface area (Å²) in [5.74, 6) is 0.252. The molecule has 4 heteroatoms. The standard InChI is InChI=1S/C17H27N3O/c1-14(2)20-11-8-16(9-12-20)19(3)17(21)7-6-15-5-4-10-18-13-15/h4-5,10,13-14,16H,6-9,11-12H2,1-3H3. The van der Waals surface area contributed by atoms with E-state index in [-0.39, 0.29) is 5.91 Å². The zero-order chi connectivity index (χ0) is 15.2. The van der Waals surface area contributed by atoms with Crippen LogP contribution in [0.5, 0.6) is 0 Å². The third kappa shape index (κ3) is 4.53. The lowest BCUT2D eigenvalue weighted by molar-refractivity contribution is -0.132. The second-order valence-electron chi connectivity index (χ2n) is 6.23. The Kier molecular flexibility index (Phi) is 5.74. The molecule has 0 unspecified atom stereocenters. The van der Waals surface area contributed by atoms with Gasteiger partial charge in [-0.1, -0.05) is 6.07 Å². The van der Waals surface area contributed by atoms with Gasteiger partial charge in [-0.2, -0.15) is 0 Å². The van der Waals surface area contributed by atoms with Crippen LogP contribution in [0.3, 0.4) is 0 Å². The Balaban J connectivity index is 1.78. The fourth-order valence-electron chi connectivity index (χ4n) is 2.97. The summed E-state index contributed by atoms with van der Waals surface area (Å²) in [6, 6.07) is 4.96. The fraction of sp³-hybridized carbons (Fsp3) is 0.647. The third-order valence-electron chi connectivity index (χ3n) is 4.52. The number of carbonyl (C=O) groups excluding carboxylic acids is 1. The minimum absolute atomic E-state index is 0.252. The number of hydrogen-bond acceptors (Lipinski definition) is 3. The monoisotopic (exact) mass is 289 g/mol. The van der Waals surface area contributed by atoms with Crippen LogP contribution in [0.25, 0.3) is 0 Å². The number of amides is 1. The van der Waals surface area contributed by atoms with E-state index in [9.17, 15) is 4.79 Å². The number of nitrogens with zero attached hydrogens (tertiary/aromatic N) is 3. The van der Waals surface area contributed by atoms with Crippen LogP contribution in [0, 0.1) is 0 Å². The van der Waals surface area contributed by atoms with Crippen LogP contribution in [0.2, 0.25) is 0 Å². The van der Waals surface area contributed by atoms with Gasteiger partial charge in [0.25, 0.3) is 0 Å². The van der Waals surface area contributed by atoms with Crippen molar-refractivity contribution in [1.82, 2.24) is 14.8 Å². The number of likely N-dealkylation sites (tertiary alicyclic amines) is 1. The number of aromatic nitrogens is 1. The molecule has 1 aliphatic rings. The van der Waals surface area contributed by atoms with E-state index in [4.69, 9.17) is 0 Å². The van der Waals surface area contributed by atoms with Gasteiger partial charge in [-0.15, -0.1) is 0 Å². The molecule has 0 bridgehead atoms. The molecule has 0 atom stereocenters. The number of pyridine rings is 1. The Morgan fingerprint density at radius 1 is 1.43 bits per heavy atom. The maximum absolute atomic E-state index is 12.3. The normalized spacial score (nSPS) is 17.1. The molecule has 0 N–H and O–H groups in total. The van der Waals surface area contributed by atoms with E-state index < -0.39 is 0 Å². The predicted octanol–water partition coefficient (Wildman–Crippen LogP) is 2.35. The molecular weight excluding hydrogens is 262 g/mol. The Morgan fingerprint density at radius 3 is 2.71 bits per heavy atom. The van der Waals surface area contributed by atoms with Crippen molar-refractivity contribution in [2.24, 2.45) is 0 Å². The molecular formula is C17H27N3O. The zero-order valence-corrected chi connectivity index (χ0v) is 13.5. The number of rotatable bonds is 5. The van der Waals surface area contributed by atoms with Gasteiger partial charge in [-0.25, -0.2) is 0 Å². The smallest absolute Gasteiger partial charge is 0.222 e. The van der Waals surface area contributed by atoms with Crippen molar-refractivity contribution < 1.29 is 4.79 Å². The highest BCUT2D eigenvalue weighted by atomic mass is 16.2. The first-order valence-corrected chi connectivity index (χ1v) is 7.96. The van der Waals surface area contributed by atoms with E-state index in [0.29, 0.717) is 18.5 Å². The molecule has 1 amide bonds. The number of aryl methyl sites for hydroxylation is 1. The van der Waals surface area contributed by atoms with E-state index in [0.717, 1.165) is 37.9 Å². The fourth-order valence-corrected chi connectivity index (χ4v) is 2.97. The van der Waals surface area contributed by atoms with E-state index in [2.05, 4.69) is 23.7 Å². The summed E-state index contributed by atoms with van der Waals surface area (Å²) in [6.07, 6.45) is 7.14. The van der Waals surface area contributed by atoms with Gasteiger partial charge in [0.15, 0.2) is 0 Å². The minimum Gasteiger partial charge on any atom is -0.343 e. The molecule has 2 heterocycles. The third-order valence-corrected chi connectivity index (χ3v) is 4.52. The van der Waals surface area contributed by atoms with Gasteiger partial charge in [0, 0.05) is 51.0 Å². The molecule has 1 saturated heterocycles. The molecule has 1 fully saturated rings. The van der Waals surface area contributed by atoms with Crippen molar-refractivity contribution in [2.75, 3.05) is 20.1 Å². The van der Waals surface area contributed by atoms with Crippen molar-refractivity contribution in [3.63, 3.8) is 0 Å². The summed E-state index contributed by atoms with van der Waals surface area (Å²) in [6.45, 7) is 6.68. The van der Waals surface area contributed by atoms with Crippen LogP contribution in [0.1, 0.15) is 38.7 Å². The summed E-state index contributed by atoms with van der Waals surface area (Å²) in [5, 5.41) is 0. The van der Waals surface area contributed by atoms with Crippen LogP contribution in [-0.2, 0) is 11.2 Å². The molecule has 1 aromatic rings. The lowest BCUT2D eigenvalue weighted by Gasteiger charge is -2.38. The lowest BCUT2D eigenvalue weighted by Crippen LogP contribution is -2.47. The second-order valence-corrected chi connectivity index (χ2v) is 6.23. The Hall–Kier alpha value is -1.42. The SMILES string of the molecule is CC(C)N1CCC(N(C)C(=O)CCc2cccnc2)CC1. The lowest BCUT2D eigenvalue weighted by atomic mass is 10.0. The molecule has 0 spiro atoms. The average molecular weight is 289 g/mol. The molecule has 2 rings (SSSR count). The highest BCUT2D eigenvalue weighted by Crippen LogP contribution is 2.18. The molecule has 1 aromatic heterocycles. The van der Waals surface area contributed by atoms with Gasteiger partial charge in [0.1, 0.15) is 0 Å².